The van der Waals surface area contributed by atoms with Crippen LogP contribution in [0.3, 0.4) is 0 Å². The summed E-state index contributed by atoms with van der Waals surface area (Å²) in [6.07, 6.45) is 14.1. The average molecular weight is 384 g/mol. The monoisotopic (exact) mass is 383 g/mol. The lowest BCUT2D eigenvalue weighted by Crippen LogP contribution is -2.26. The molecule has 142 valence electrons. The van der Waals surface area contributed by atoms with Gasteiger partial charge in [0.25, 0.3) is 0 Å². The summed E-state index contributed by atoms with van der Waals surface area (Å²) in [6.45, 7) is 0.572. The second-order valence-electron chi connectivity index (χ2n) is 7.25. The first-order valence-corrected chi connectivity index (χ1v) is 10.8. The van der Waals surface area contributed by atoms with E-state index in [1.807, 2.05) is 12.4 Å². The van der Waals surface area contributed by atoms with E-state index in [9.17, 15) is 4.79 Å². The molecule has 1 atom stereocenters. The van der Waals surface area contributed by atoms with E-state index in [2.05, 4.69) is 26.4 Å². The molecule has 2 fully saturated rings. The summed E-state index contributed by atoms with van der Waals surface area (Å²) in [5.74, 6) is 9.29. The van der Waals surface area contributed by atoms with Crippen LogP contribution in [0.4, 0.5) is 5.82 Å². The van der Waals surface area contributed by atoms with Crippen molar-refractivity contribution in [2.24, 2.45) is 0 Å². The van der Waals surface area contributed by atoms with Crippen LogP contribution in [-0.4, -0.2) is 24.9 Å². The molecule has 0 unspecified atom stereocenters. The first kappa shape index (κ1) is 18.2. The minimum absolute atomic E-state index is 0.151. The standard InChI is InChI=1S/C20H25N5OS/c21-18-16(14-25(20(26)23-18)17-9-5-13-27-17)8-4-11-24-12-10-22-19(24)15-6-2-1-3-7-15/h10,12,14-15,17H,1-3,5-7,9,11,13H2,(H2,21,23,26)/t17-/m1/s1. The highest BCUT2D eigenvalue weighted by Gasteiger charge is 2.20. The van der Waals surface area contributed by atoms with Crippen molar-refractivity contribution < 1.29 is 0 Å². The van der Waals surface area contributed by atoms with Crippen molar-refractivity contribution in [3.05, 3.63) is 40.5 Å². The van der Waals surface area contributed by atoms with Crippen molar-refractivity contribution in [1.82, 2.24) is 19.1 Å². The maximum absolute atomic E-state index is 12.2. The summed E-state index contributed by atoms with van der Waals surface area (Å²) in [5, 5.41) is 0.151. The fourth-order valence-electron chi connectivity index (χ4n) is 3.96. The molecular weight excluding hydrogens is 358 g/mol. The van der Waals surface area contributed by atoms with Crippen molar-refractivity contribution in [3.8, 4) is 11.8 Å². The molecule has 0 aromatic carbocycles. The Balaban J connectivity index is 1.53. The van der Waals surface area contributed by atoms with E-state index < -0.39 is 0 Å². The molecular formula is C20H25N5OS. The van der Waals surface area contributed by atoms with Gasteiger partial charge in [0.05, 0.1) is 17.5 Å². The molecule has 0 amide bonds. The maximum atomic E-state index is 12.2. The summed E-state index contributed by atoms with van der Waals surface area (Å²) in [5.41, 5.74) is 6.28. The van der Waals surface area contributed by atoms with Gasteiger partial charge in [-0.15, -0.1) is 11.8 Å². The van der Waals surface area contributed by atoms with Crippen molar-refractivity contribution in [2.75, 3.05) is 11.5 Å². The molecule has 1 aliphatic carbocycles. The first-order valence-electron chi connectivity index (χ1n) is 9.72. The van der Waals surface area contributed by atoms with E-state index in [0.29, 0.717) is 18.0 Å². The van der Waals surface area contributed by atoms with Crippen LogP contribution < -0.4 is 11.4 Å². The number of nitrogen functional groups attached to an aromatic ring is 1. The van der Waals surface area contributed by atoms with Crippen LogP contribution in [0.1, 0.15) is 67.6 Å². The quantitative estimate of drug-likeness (QED) is 0.824. The third-order valence-electron chi connectivity index (χ3n) is 5.39. The van der Waals surface area contributed by atoms with Gasteiger partial charge in [0.15, 0.2) is 0 Å². The summed E-state index contributed by atoms with van der Waals surface area (Å²) >= 11 is 1.79. The Hall–Kier alpha value is -2.20. The van der Waals surface area contributed by atoms with Gasteiger partial charge in [-0.2, -0.15) is 4.98 Å². The van der Waals surface area contributed by atoms with Crippen molar-refractivity contribution >= 4 is 17.6 Å². The van der Waals surface area contributed by atoms with E-state index in [1.54, 1.807) is 22.5 Å². The number of nitrogens with zero attached hydrogens (tertiary/aromatic N) is 4. The molecule has 4 rings (SSSR count). The average Bonchev–Trinajstić information content (AvgIpc) is 3.36. The van der Waals surface area contributed by atoms with Crippen molar-refractivity contribution in [2.45, 2.75) is 62.8 Å². The fourth-order valence-corrected chi connectivity index (χ4v) is 5.21. The lowest BCUT2D eigenvalue weighted by atomic mass is 9.88. The number of hydrogen-bond donors (Lipinski definition) is 1. The molecule has 2 aromatic heterocycles. The number of imidazole rings is 1. The zero-order chi connectivity index (χ0) is 18.6. The molecule has 3 heterocycles. The second-order valence-corrected chi connectivity index (χ2v) is 8.53. The lowest BCUT2D eigenvalue weighted by Gasteiger charge is -2.21. The predicted molar refractivity (Wildman–Crippen MR) is 109 cm³/mol. The first-order chi connectivity index (χ1) is 13.2. The number of anilines is 1. The Morgan fingerprint density at radius 3 is 2.85 bits per heavy atom. The highest BCUT2D eigenvalue weighted by atomic mass is 32.2. The third kappa shape index (κ3) is 4.06. The molecule has 1 saturated heterocycles. The van der Waals surface area contributed by atoms with Crippen LogP contribution in [-0.2, 0) is 6.54 Å². The summed E-state index contributed by atoms with van der Waals surface area (Å²) < 4.78 is 3.82. The summed E-state index contributed by atoms with van der Waals surface area (Å²) in [6, 6.07) is 0. The minimum Gasteiger partial charge on any atom is -0.382 e. The third-order valence-corrected chi connectivity index (χ3v) is 6.76. The van der Waals surface area contributed by atoms with Gasteiger partial charge in [-0.1, -0.05) is 31.1 Å². The number of rotatable bonds is 3. The van der Waals surface area contributed by atoms with Crippen LogP contribution in [0.25, 0.3) is 0 Å². The van der Waals surface area contributed by atoms with Gasteiger partial charge in [-0.3, -0.25) is 4.57 Å². The van der Waals surface area contributed by atoms with Gasteiger partial charge in [0.1, 0.15) is 11.6 Å². The molecule has 0 spiro atoms. The van der Waals surface area contributed by atoms with Crippen LogP contribution >= 0.6 is 11.8 Å². The molecule has 7 heteroatoms. The van der Waals surface area contributed by atoms with Gasteiger partial charge in [0, 0.05) is 24.5 Å². The molecule has 27 heavy (non-hydrogen) atoms. The molecule has 2 N–H and O–H groups in total. The van der Waals surface area contributed by atoms with Crippen LogP contribution in [0.2, 0.25) is 0 Å². The maximum Gasteiger partial charge on any atom is 0.350 e. The van der Waals surface area contributed by atoms with E-state index in [0.717, 1.165) is 24.4 Å². The van der Waals surface area contributed by atoms with Crippen LogP contribution in [0.5, 0.6) is 0 Å². The normalized spacial score (nSPS) is 20.4. The number of hydrogen-bond acceptors (Lipinski definition) is 5. The van der Waals surface area contributed by atoms with Crippen LogP contribution in [0.15, 0.2) is 23.4 Å². The van der Waals surface area contributed by atoms with Gasteiger partial charge < -0.3 is 10.3 Å². The zero-order valence-electron chi connectivity index (χ0n) is 15.4. The highest BCUT2D eigenvalue weighted by molar-refractivity contribution is 7.99. The summed E-state index contributed by atoms with van der Waals surface area (Å²) in [4.78, 5) is 20.7. The Morgan fingerprint density at radius 1 is 1.22 bits per heavy atom. The Kier molecular flexibility index (Phi) is 5.53. The highest BCUT2D eigenvalue weighted by Crippen LogP contribution is 2.34. The number of nitrogens with two attached hydrogens (primary N) is 1. The van der Waals surface area contributed by atoms with E-state index in [4.69, 9.17) is 5.73 Å². The Labute approximate surface area is 163 Å². The number of thioether (sulfide) groups is 1. The largest absolute Gasteiger partial charge is 0.382 e. The molecule has 1 aliphatic heterocycles. The topological polar surface area (TPSA) is 78.7 Å². The van der Waals surface area contributed by atoms with E-state index in [-0.39, 0.29) is 16.9 Å². The Morgan fingerprint density at radius 2 is 2.07 bits per heavy atom. The van der Waals surface area contributed by atoms with Gasteiger partial charge in [-0.05, 0) is 31.4 Å². The minimum atomic E-state index is -0.286. The Bertz CT molecular complexity index is 910. The van der Waals surface area contributed by atoms with Gasteiger partial charge in [-0.25, -0.2) is 9.78 Å². The van der Waals surface area contributed by atoms with Gasteiger partial charge in [0.2, 0.25) is 0 Å². The fraction of sp³-hybridized carbons (Fsp3) is 0.550. The van der Waals surface area contributed by atoms with Gasteiger partial charge >= 0.3 is 5.69 Å². The van der Waals surface area contributed by atoms with Crippen LogP contribution in [0, 0.1) is 11.8 Å². The SMILES string of the molecule is Nc1nc(=O)n([C@H]2CCCS2)cc1C#CCn1ccnc1C1CCCCC1. The second kappa shape index (κ2) is 8.22. The zero-order valence-corrected chi connectivity index (χ0v) is 16.2. The predicted octanol–water partition coefficient (Wildman–Crippen LogP) is 3.15. The van der Waals surface area contributed by atoms with E-state index >= 15 is 0 Å². The molecule has 6 nitrogen and oxygen atoms in total. The molecule has 2 aromatic rings. The molecule has 2 aliphatic rings. The van der Waals surface area contributed by atoms with Crippen molar-refractivity contribution in [3.63, 3.8) is 0 Å². The smallest absolute Gasteiger partial charge is 0.350 e. The molecule has 1 saturated carbocycles. The number of aromatic nitrogens is 4. The van der Waals surface area contributed by atoms with E-state index in [1.165, 1.54) is 32.1 Å². The van der Waals surface area contributed by atoms with Crippen molar-refractivity contribution in [1.29, 1.82) is 0 Å². The lowest BCUT2D eigenvalue weighted by molar-refractivity contribution is 0.419. The summed E-state index contributed by atoms with van der Waals surface area (Å²) in [7, 11) is 0. The molecule has 0 radical (unpaired) electrons. The molecule has 0 bridgehead atoms.